The van der Waals surface area contributed by atoms with Crippen LogP contribution in [0, 0.1) is 0 Å². The molecule has 0 unspecified atom stereocenters. The van der Waals surface area contributed by atoms with E-state index in [0.717, 1.165) is 11.4 Å². The Labute approximate surface area is 325 Å². The monoisotopic (exact) mass is 719 g/mol. The first-order valence-corrected chi connectivity index (χ1v) is 19.9. The summed E-state index contributed by atoms with van der Waals surface area (Å²) in [7, 11) is 0. The summed E-state index contributed by atoms with van der Waals surface area (Å²) < 4.78 is 2.67. The highest BCUT2D eigenvalue weighted by atomic mass is 32.1. The molecule has 55 heavy (non-hydrogen) atoms. The highest BCUT2D eigenvalue weighted by Gasteiger charge is 2.35. The highest BCUT2D eigenvalue weighted by molar-refractivity contribution is 7.25. The lowest BCUT2D eigenvalue weighted by atomic mass is 9.82. The molecule has 0 bridgehead atoms. The molecule has 0 radical (unpaired) electrons. The number of nitrogens with zero attached hydrogens (tertiary/aromatic N) is 1. The molecule has 1 aliphatic carbocycles. The van der Waals surface area contributed by atoms with E-state index in [1.54, 1.807) is 0 Å². The van der Waals surface area contributed by atoms with Crippen molar-refractivity contribution in [1.82, 2.24) is 0 Å². The van der Waals surface area contributed by atoms with Gasteiger partial charge >= 0.3 is 0 Å². The average molecular weight is 720 g/mol. The normalized spacial score (nSPS) is 13.1. The van der Waals surface area contributed by atoms with Crippen LogP contribution in [0.15, 0.2) is 188 Å². The first-order valence-electron chi connectivity index (χ1n) is 19.1. The number of fused-ring (bicyclic) bond motifs is 9. The van der Waals surface area contributed by atoms with Crippen LogP contribution in [0.4, 0.5) is 17.1 Å². The van der Waals surface area contributed by atoms with Gasteiger partial charge < -0.3 is 4.90 Å². The van der Waals surface area contributed by atoms with Gasteiger partial charge in [0, 0.05) is 42.3 Å². The summed E-state index contributed by atoms with van der Waals surface area (Å²) in [5.41, 5.74) is 13.7. The van der Waals surface area contributed by atoms with Gasteiger partial charge in [-0.3, -0.25) is 0 Å². The van der Waals surface area contributed by atoms with E-state index >= 15 is 0 Å². The van der Waals surface area contributed by atoms with Gasteiger partial charge in [-0.1, -0.05) is 159 Å². The molecule has 0 saturated carbocycles. The predicted octanol–water partition coefficient (Wildman–Crippen LogP) is 15.5. The zero-order valence-electron chi connectivity index (χ0n) is 30.8. The first-order chi connectivity index (χ1) is 27.0. The molecule has 0 atom stereocenters. The van der Waals surface area contributed by atoms with Gasteiger partial charge in [-0.25, -0.2) is 0 Å². The lowest BCUT2D eigenvalue weighted by molar-refractivity contribution is 0.660. The molecule has 0 N–H and O–H groups in total. The van der Waals surface area contributed by atoms with Crippen molar-refractivity contribution in [1.29, 1.82) is 0 Å². The number of rotatable bonds is 5. The fourth-order valence-electron chi connectivity index (χ4n) is 9.04. The lowest BCUT2D eigenvalue weighted by Crippen LogP contribution is -2.16. The van der Waals surface area contributed by atoms with Gasteiger partial charge in [-0.15, -0.1) is 11.3 Å². The second-order valence-electron chi connectivity index (χ2n) is 15.3. The van der Waals surface area contributed by atoms with Crippen molar-refractivity contribution in [3.63, 3.8) is 0 Å². The van der Waals surface area contributed by atoms with Gasteiger partial charge in [0.1, 0.15) is 0 Å². The van der Waals surface area contributed by atoms with E-state index in [2.05, 4.69) is 207 Å². The molecule has 10 aromatic rings. The number of anilines is 3. The molecule has 2 heteroatoms. The van der Waals surface area contributed by atoms with Gasteiger partial charge in [0.2, 0.25) is 0 Å². The fraction of sp³-hybridized carbons (Fsp3) is 0.0566. The summed E-state index contributed by atoms with van der Waals surface area (Å²) in [6, 6.07) is 69.7. The van der Waals surface area contributed by atoms with Crippen molar-refractivity contribution in [3.05, 3.63) is 199 Å². The second-order valence-corrected chi connectivity index (χ2v) is 16.4. The summed E-state index contributed by atoms with van der Waals surface area (Å²) >= 11 is 1.87. The fourth-order valence-corrected chi connectivity index (χ4v) is 10.2. The molecule has 1 aliphatic rings. The first kappa shape index (κ1) is 32.0. The zero-order valence-corrected chi connectivity index (χ0v) is 31.6. The molecule has 1 heterocycles. The molecule has 0 saturated heterocycles. The van der Waals surface area contributed by atoms with Crippen LogP contribution in [-0.4, -0.2) is 0 Å². The Morgan fingerprint density at radius 3 is 1.75 bits per heavy atom. The van der Waals surface area contributed by atoms with Gasteiger partial charge in [-0.05, 0) is 103 Å². The van der Waals surface area contributed by atoms with Gasteiger partial charge in [0.15, 0.2) is 0 Å². The van der Waals surface area contributed by atoms with Crippen LogP contribution in [0.5, 0.6) is 0 Å². The number of thiophene rings is 1. The molecule has 0 fully saturated rings. The van der Waals surface area contributed by atoms with Crippen molar-refractivity contribution in [3.8, 4) is 33.4 Å². The quantitative estimate of drug-likeness (QED) is 0.160. The molecule has 0 aliphatic heterocycles. The maximum atomic E-state index is 2.46. The molecule has 260 valence electrons. The van der Waals surface area contributed by atoms with Crippen LogP contribution in [0.3, 0.4) is 0 Å². The molecule has 9 aromatic carbocycles. The maximum absolute atomic E-state index is 2.46. The zero-order chi connectivity index (χ0) is 36.7. The Morgan fingerprint density at radius 2 is 0.945 bits per heavy atom. The molecule has 0 spiro atoms. The Morgan fingerprint density at radius 1 is 0.382 bits per heavy atom. The van der Waals surface area contributed by atoms with Crippen molar-refractivity contribution in [2.24, 2.45) is 0 Å². The van der Waals surface area contributed by atoms with Crippen LogP contribution in [0.25, 0.3) is 75.1 Å². The smallest absolute Gasteiger partial charge is 0.0546 e. The lowest BCUT2D eigenvalue weighted by Gasteiger charge is -2.29. The van der Waals surface area contributed by atoms with Crippen molar-refractivity contribution >= 4 is 70.1 Å². The molecular formula is C53H37NS. The van der Waals surface area contributed by atoms with Gasteiger partial charge in [0.05, 0.1) is 5.69 Å². The Balaban J connectivity index is 1.00. The van der Waals surface area contributed by atoms with Crippen molar-refractivity contribution in [2.75, 3.05) is 4.90 Å². The van der Waals surface area contributed by atoms with Crippen LogP contribution >= 0.6 is 11.3 Å². The predicted molar refractivity (Wildman–Crippen MR) is 237 cm³/mol. The van der Waals surface area contributed by atoms with E-state index in [1.165, 1.54) is 91.9 Å². The largest absolute Gasteiger partial charge is 0.310 e. The van der Waals surface area contributed by atoms with E-state index in [-0.39, 0.29) is 5.41 Å². The summed E-state index contributed by atoms with van der Waals surface area (Å²) in [6.45, 7) is 4.72. The Hall–Kier alpha value is -6.48. The third-order valence-electron chi connectivity index (χ3n) is 11.9. The third kappa shape index (κ3) is 5.06. The molecule has 11 rings (SSSR count). The average Bonchev–Trinajstić information content (AvgIpc) is 3.72. The molecule has 1 nitrogen and oxygen atoms in total. The minimum Gasteiger partial charge on any atom is -0.310 e. The minimum absolute atomic E-state index is 0.0985. The van der Waals surface area contributed by atoms with Crippen LogP contribution in [0.2, 0.25) is 0 Å². The molecular weight excluding hydrogens is 683 g/mol. The van der Waals surface area contributed by atoms with Crippen LogP contribution < -0.4 is 4.90 Å². The van der Waals surface area contributed by atoms with Crippen LogP contribution in [0.1, 0.15) is 25.0 Å². The molecule has 0 amide bonds. The summed E-state index contributed by atoms with van der Waals surface area (Å²) in [4.78, 5) is 2.46. The van der Waals surface area contributed by atoms with E-state index in [9.17, 15) is 0 Å². The summed E-state index contributed by atoms with van der Waals surface area (Å²) in [6.07, 6.45) is 0. The van der Waals surface area contributed by atoms with E-state index < -0.39 is 0 Å². The Kier molecular flexibility index (Phi) is 7.14. The van der Waals surface area contributed by atoms with Gasteiger partial charge in [-0.2, -0.15) is 0 Å². The van der Waals surface area contributed by atoms with Crippen molar-refractivity contribution < 1.29 is 0 Å². The van der Waals surface area contributed by atoms with E-state index in [0.29, 0.717) is 0 Å². The maximum Gasteiger partial charge on any atom is 0.0546 e. The number of hydrogen-bond donors (Lipinski definition) is 0. The summed E-state index contributed by atoms with van der Waals surface area (Å²) in [5.74, 6) is 0. The van der Waals surface area contributed by atoms with Gasteiger partial charge in [0.25, 0.3) is 0 Å². The number of hydrogen-bond acceptors (Lipinski definition) is 2. The Bertz CT molecular complexity index is 3110. The summed E-state index contributed by atoms with van der Waals surface area (Å²) in [5, 5.41) is 7.68. The third-order valence-corrected chi connectivity index (χ3v) is 13.0. The standard InChI is InChI=1S/C53H37NS/c1-53(2)48-17-9-7-14-43(48)44-30-28-40(33-49(44)53)54(50-31-38-11-3-4-12-41(38)42-13-5-6-15-45(42)50)39-26-23-35(24-27-39)34-19-21-36(22-20-34)37-25-29-47-46-16-8-10-18-51(46)55-52(47)32-37/h3-33H,1-2H3. The topological polar surface area (TPSA) is 3.24 Å². The number of benzene rings is 9. The second kappa shape index (κ2) is 12.3. The van der Waals surface area contributed by atoms with E-state index in [1.807, 2.05) is 11.3 Å². The minimum atomic E-state index is -0.0985. The molecule has 1 aromatic heterocycles. The highest BCUT2D eigenvalue weighted by Crippen LogP contribution is 2.51. The SMILES string of the molecule is CC1(C)c2ccccc2-c2ccc(N(c3ccc(-c4ccc(-c5ccc6c(c5)sc5ccccc56)cc4)cc3)c3cc4ccccc4c4ccccc34)cc21. The van der Waals surface area contributed by atoms with Crippen molar-refractivity contribution in [2.45, 2.75) is 19.3 Å². The van der Waals surface area contributed by atoms with E-state index in [4.69, 9.17) is 0 Å². The van der Waals surface area contributed by atoms with Crippen LogP contribution in [-0.2, 0) is 5.41 Å².